The third-order valence-electron chi connectivity index (χ3n) is 2.93. The molecule has 1 saturated heterocycles. The second-order valence-corrected chi connectivity index (χ2v) is 6.12. The maximum Gasteiger partial charge on any atom is 0.245 e. The van der Waals surface area contributed by atoms with Gasteiger partial charge in [0.1, 0.15) is 17.3 Å². The molecular weight excluding hydrogens is 269 g/mol. The molecule has 19 heavy (non-hydrogen) atoms. The number of nitrogens with zero attached hydrogens (tertiary/aromatic N) is 1. The number of hydrogen-bond acceptors (Lipinski definition) is 3. The van der Waals surface area contributed by atoms with Gasteiger partial charge in [0, 0.05) is 18.7 Å². The summed E-state index contributed by atoms with van der Waals surface area (Å²) in [7, 11) is -3.75. The quantitative estimate of drug-likeness (QED) is 0.822. The average Bonchev–Trinajstić information content (AvgIpc) is 2.90. The lowest BCUT2D eigenvalue weighted by atomic mass is 10.2. The Hall–Kier alpha value is -1.42. The highest BCUT2D eigenvalue weighted by molar-refractivity contribution is 7.89. The number of halogens is 1. The van der Waals surface area contributed by atoms with Crippen molar-refractivity contribution in [2.75, 3.05) is 19.7 Å². The molecule has 1 aromatic carbocycles. The fourth-order valence-corrected chi connectivity index (χ4v) is 3.56. The van der Waals surface area contributed by atoms with Crippen LogP contribution in [0.5, 0.6) is 0 Å². The Labute approximate surface area is 111 Å². The van der Waals surface area contributed by atoms with E-state index in [1.807, 2.05) is 0 Å². The summed E-state index contributed by atoms with van der Waals surface area (Å²) in [6, 6.07) is 3.74. The summed E-state index contributed by atoms with van der Waals surface area (Å²) in [6.45, 7) is 0.553. The number of aliphatic hydroxyl groups excluding tert-OH is 1. The van der Waals surface area contributed by atoms with E-state index in [1.54, 1.807) is 0 Å². The van der Waals surface area contributed by atoms with E-state index in [0.717, 1.165) is 18.9 Å². The van der Waals surface area contributed by atoms with Crippen LogP contribution in [0, 0.1) is 17.7 Å². The minimum Gasteiger partial charge on any atom is -0.384 e. The van der Waals surface area contributed by atoms with Gasteiger partial charge in [-0.05, 0) is 31.0 Å². The van der Waals surface area contributed by atoms with Gasteiger partial charge in [-0.3, -0.25) is 0 Å². The molecule has 0 aromatic heterocycles. The zero-order valence-electron chi connectivity index (χ0n) is 10.3. The molecule has 4 nitrogen and oxygen atoms in total. The summed E-state index contributed by atoms with van der Waals surface area (Å²) in [5.74, 6) is 4.11. The lowest BCUT2D eigenvalue weighted by Crippen LogP contribution is -2.28. The molecule has 0 unspecified atom stereocenters. The van der Waals surface area contributed by atoms with Gasteiger partial charge in [0.2, 0.25) is 10.0 Å². The van der Waals surface area contributed by atoms with Crippen molar-refractivity contribution in [2.45, 2.75) is 17.7 Å². The Morgan fingerprint density at radius 2 is 2.00 bits per heavy atom. The van der Waals surface area contributed by atoms with Crippen molar-refractivity contribution in [1.29, 1.82) is 0 Å². The molecule has 0 aliphatic carbocycles. The lowest BCUT2D eigenvalue weighted by Gasteiger charge is -2.15. The van der Waals surface area contributed by atoms with Gasteiger partial charge in [0.15, 0.2) is 0 Å². The van der Waals surface area contributed by atoms with Gasteiger partial charge in [-0.1, -0.05) is 11.8 Å². The first-order valence-corrected chi connectivity index (χ1v) is 7.39. The van der Waals surface area contributed by atoms with E-state index in [0.29, 0.717) is 18.7 Å². The number of hydrogen-bond donors (Lipinski definition) is 1. The number of benzene rings is 1. The highest BCUT2D eigenvalue weighted by Gasteiger charge is 2.29. The van der Waals surface area contributed by atoms with Crippen molar-refractivity contribution in [2.24, 2.45) is 0 Å². The summed E-state index contributed by atoms with van der Waals surface area (Å²) in [5.41, 5.74) is 0.340. The minimum absolute atomic E-state index is 0.316. The van der Waals surface area contributed by atoms with Crippen LogP contribution in [0.3, 0.4) is 0 Å². The first-order chi connectivity index (χ1) is 9.05. The summed E-state index contributed by atoms with van der Waals surface area (Å²) in [4.78, 5) is -0.316. The standard InChI is InChI=1S/C13H14FNO3S/c14-12-10-11(4-3-9-16)5-6-13(12)19(17,18)15-7-1-2-8-15/h5-6,10,16H,1-2,7-9H2. The predicted molar refractivity (Wildman–Crippen MR) is 68.4 cm³/mol. The number of sulfonamides is 1. The molecule has 102 valence electrons. The van der Waals surface area contributed by atoms with Gasteiger partial charge in [0.25, 0.3) is 0 Å². The fourth-order valence-electron chi connectivity index (χ4n) is 2.00. The highest BCUT2D eigenvalue weighted by atomic mass is 32.2. The van der Waals surface area contributed by atoms with Crippen LogP contribution in [0.1, 0.15) is 18.4 Å². The summed E-state index contributed by atoms with van der Waals surface area (Å²) >= 11 is 0. The van der Waals surface area contributed by atoms with Crippen LogP contribution in [0.4, 0.5) is 4.39 Å². The topological polar surface area (TPSA) is 57.6 Å². The first kappa shape index (κ1) is 14.0. The van der Waals surface area contributed by atoms with Crippen LogP contribution in [0.15, 0.2) is 23.1 Å². The molecule has 0 spiro atoms. The molecule has 0 saturated carbocycles. The average molecular weight is 283 g/mol. The summed E-state index contributed by atoms with van der Waals surface area (Å²) in [6.07, 6.45) is 1.61. The second kappa shape index (κ2) is 5.70. The van der Waals surface area contributed by atoms with Gasteiger partial charge in [-0.25, -0.2) is 12.8 Å². The van der Waals surface area contributed by atoms with Gasteiger partial charge < -0.3 is 5.11 Å². The Morgan fingerprint density at radius 3 is 2.58 bits per heavy atom. The largest absolute Gasteiger partial charge is 0.384 e. The lowest BCUT2D eigenvalue weighted by molar-refractivity contribution is 0.350. The molecule has 1 N–H and O–H groups in total. The Morgan fingerprint density at radius 1 is 1.32 bits per heavy atom. The highest BCUT2D eigenvalue weighted by Crippen LogP contribution is 2.23. The Bertz CT molecular complexity index is 625. The minimum atomic E-state index is -3.75. The van der Waals surface area contributed by atoms with Gasteiger partial charge >= 0.3 is 0 Å². The zero-order valence-corrected chi connectivity index (χ0v) is 11.1. The van der Waals surface area contributed by atoms with E-state index >= 15 is 0 Å². The second-order valence-electron chi connectivity index (χ2n) is 4.22. The van der Waals surface area contributed by atoms with Gasteiger partial charge in [-0.15, -0.1) is 0 Å². The molecule has 1 fully saturated rings. The van der Waals surface area contributed by atoms with Crippen LogP contribution in [-0.2, 0) is 10.0 Å². The molecule has 2 rings (SSSR count). The number of aliphatic hydroxyl groups is 1. The SMILES string of the molecule is O=S(=O)(c1ccc(C#CCO)cc1F)N1CCCC1. The summed E-state index contributed by atoms with van der Waals surface area (Å²) < 4.78 is 39.6. The van der Waals surface area contributed by atoms with Crippen molar-refractivity contribution >= 4 is 10.0 Å². The first-order valence-electron chi connectivity index (χ1n) is 5.95. The van der Waals surface area contributed by atoms with E-state index < -0.39 is 15.8 Å². The van der Waals surface area contributed by atoms with Crippen LogP contribution in [0.25, 0.3) is 0 Å². The molecule has 1 aliphatic rings. The monoisotopic (exact) mass is 283 g/mol. The normalized spacial score (nSPS) is 16.1. The smallest absolute Gasteiger partial charge is 0.245 e. The molecule has 1 aliphatic heterocycles. The van der Waals surface area contributed by atoms with Crippen molar-refractivity contribution in [1.82, 2.24) is 4.31 Å². The van der Waals surface area contributed by atoms with Crippen molar-refractivity contribution in [3.8, 4) is 11.8 Å². The molecule has 0 bridgehead atoms. The fraction of sp³-hybridized carbons (Fsp3) is 0.385. The molecule has 0 amide bonds. The van der Waals surface area contributed by atoms with Crippen molar-refractivity contribution < 1.29 is 17.9 Å². The molecule has 1 heterocycles. The van der Waals surface area contributed by atoms with Crippen LogP contribution in [-0.4, -0.2) is 37.5 Å². The summed E-state index contributed by atoms with van der Waals surface area (Å²) in [5, 5.41) is 8.55. The maximum atomic E-state index is 13.9. The van der Waals surface area contributed by atoms with E-state index in [2.05, 4.69) is 11.8 Å². The molecule has 1 aromatic rings. The van der Waals surface area contributed by atoms with E-state index in [-0.39, 0.29) is 11.5 Å². The van der Waals surface area contributed by atoms with Gasteiger partial charge in [-0.2, -0.15) is 4.31 Å². The van der Waals surface area contributed by atoms with Crippen LogP contribution >= 0.6 is 0 Å². The van der Waals surface area contributed by atoms with Crippen molar-refractivity contribution in [3.05, 3.63) is 29.6 Å². The third kappa shape index (κ3) is 2.95. The zero-order chi connectivity index (χ0) is 13.9. The predicted octanol–water partition coefficient (Wildman–Crippen LogP) is 0.954. The van der Waals surface area contributed by atoms with Crippen LogP contribution < -0.4 is 0 Å². The molecular formula is C13H14FNO3S. The van der Waals surface area contributed by atoms with Crippen LogP contribution in [0.2, 0.25) is 0 Å². The number of rotatable bonds is 2. The van der Waals surface area contributed by atoms with Crippen molar-refractivity contribution in [3.63, 3.8) is 0 Å². The molecule has 0 atom stereocenters. The van der Waals surface area contributed by atoms with E-state index in [4.69, 9.17) is 5.11 Å². The molecule has 0 radical (unpaired) electrons. The Balaban J connectivity index is 2.35. The van der Waals surface area contributed by atoms with Gasteiger partial charge in [0.05, 0.1) is 0 Å². The van der Waals surface area contributed by atoms with E-state index in [9.17, 15) is 12.8 Å². The van der Waals surface area contributed by atoms with E-state index in [1.165, 1.54) is 16.4 Å². The Kier molecular flexibility index (Phi) is 4.20. The third-order valence-corrected chi connectivity index (χ3v) is 4.86. The molecule has 6 heteroatoms. The maximum absolute atomic E-state index is 13.9.